The molecule has 0 saturated carbocycles. The fourth-order valence-electron chi connectivity index (χ4n) is 1.65. The minimum atomic E-state index is -0.123. The van der Waals surface area contributed by atoms with Gasteiger partial charge in [0.25, 0.3) is 0 Å². The molecule has 2 rings (SSSR count). The van der Waals surface area contributed by atoms with Crippen LogP contribution in [0.3, 0.4) is 0 Å². The molecule has 0 aromatic carbocycles. The van der Waals surface area contributed by atoms with Gasteiger partial charge in [-0.15, -0.1) is 0 Å². The van der Waals surface area contributed by atoms with Crippen molar-refractivity contribution in [3.8, 4) is 0 Å². The smallest absolute Gasteiger partial charge is 0.131 e. The van der Waals surface area contributed by atoms with Crippen molar-refractivity contribution in [2.75, 3.05) is 36.9 Å². The third kappa shape index (κ3) is 2.37. The molecule has 0 aliphatic carbocycles. The quantitative estimate of drug-likeness (QED) is 0.709. The van der Waals surface area contributed by atoms with Crippen LogP contribution in [-0.2, 0) is 4.74 Å². The summed E-state index contributed by atoms with van der Waals surface area (Å²) in [6.45, 7) is 2.10. The summed E-state index contributed by atoms with van der Waals surface area (Å²) in [4.78, 5) is 6.30. The molecule has 5 nitrogen and oxygen atoms in total. The summed E-state index contributed by atoms with van der Waals surface area (Å²) in [6, 6.07) is 5.55. The summed E-state index contributed by atoms with van der Waals surface area (Å²) in [7, 11) is 0. The van der Waals surface area contributed by atoms with Gasteiger partial charge in [-0.3, -0.25) is 0 Å². The number of morpholine rings is 1. The lowest BCUT2D eigenvalue weighted by atomic mass is 10.3. The molecular formula is C10H15N3O2. The molecule has 82 valence electrons. The summed E-state index contributed by atoms with van der Waals surface area (Å²) in [5, 5.41) is 9.01. The first kappa shape index (κ1) is 10.2. The van der Waals surface area contributed by atoms with E-state index in [0.29, 0.717) is 19.0 Å². The summed E-state index contributed by atoms with van der Waals surface area (Å²) in [5.74, 6) is 1.36. The zero-order chi connectivity index (χ0) is 10.7. The van der Waals surface area contributed by atoms with E-state index in [1.165, 1.54) is 0 Å². The second kappa shape index (κ2) is 4.46. The van der Waals surface area contributed by atoms with Crippen LogP contribution in [0.4, 0.5) is 11.6 Å². The first-order chi connectivity index (χ1) is 7.29. The molecule has 1 atom stereocenters. The van der Waals surface area contributed by atoms with E-state index in [1.54, 1.807) is 6.07 Å². The lowest BCUT2D eigenvalue weighted by molar-refractivity contribution is 0.00337. The molecule has 0 spiro atoms. The summed E-state index contributed by atoms with van der Waals surface area (Å²) in [5.41, 5.74) is 5.61. The maximum atomic E-state index is 9.01. The third-order valence-electron chi connectivity index (χ3n) is 2.42. The Hall–Kier alpha value is -1.33. The standard InChI is InChI=1S/C10H15N3O2/c11-9-2-1-3-10(12-9)13-4-5-15-8(6-13)7-14/h1-3,8,14H,4-7H2,(H2,11,12)/t8-/m0/s1. The summed E-state index contributed by atoms with van der Waals surface area (Å²) < 4.78 is 5.36. The van der Waals surface area contributed by atoms with E-state index in [2.05, 4.69) is 9.88 Å². The number of hydrogen-bond donors (Lipinski definition) is 2. The fourth-order valence-corrected chi connectivity index (χ4v) is 1.65. The van der Waals surface area contributed by atoms with Crippen molar-refractivity contribution in [3.05, 3.63) is 18.2 Å². The van der Waals surface area contributed by atoms with E-state index >= 15 is 0 Å². The van der Waals surface area contributed by atoms with Crippen molar-refractivity contribution in [3.63, 3.8) is 0 Å². The average molecular weight is 209 g/mol. The molecule has 1 fully saturated rings. The van der Waals surface area contributed by atoms with Crippen LogP contribution in [0.5, 0.6) is 0 Å². The van der Waals surface area contributed by atoms with Gasteiger partial charge in [-0.2, -0.15) is 0 Å². The van der Waals surface area contributed by atoms with E-state index in [-0.39, 0.29) is 12.7 Å². The van der Waals surface area contributed by atoms with E-state index in [1.807, 2.05) is 12.1 Å². The zero-order valence-electron chi connectivity index (χ0n) is 8.47. The lowest BCUT2D eigenvalue weighted by Gasteiger charge is -2.32. The Bertz CT molecular complexity index is 332. The molecule has 0 unspecified atom stereocenters. The predicted molar refractivity (Wildman–Crippen MR) is 57.7 cm³/mol. The maximum Gasteiger partial charge on any atom is 0.131 e. The molecule has 0 radical (unpaired) electrons. The van der Waals surface area contributed by atoms with Crippen LogP contribution >= 0.6 is 0 Å². The van der Waals surface area contributed by atoms with Crippen molar-refractivity contribution in [2.24, 2.45) is 0 Å². The molecule has 1 aliphatic rings. The molecule has 1 aromatic heterocycles. The normalized spacial score (nSPS) is 21.7. The Kier molecular flexibility index (Phi) is 3.03. The number of nitrogens with two attached hydrogens (primary N) is 1. The molecule has 15 heavy (non-hydrogen) atoms. The van der Waals surface area contributed by atoms with Gasteiger partial charge in [0.15, 0.2) is 0 Å². The Labute approximate surface area is 88.5 Å². The number of pyridine rings is 1. The van der Waals surface area contributed by atoms with Gasteiger partial charge in [0.1, 0.15) is 11.6 Å². The Morgan fingerprint density at radius 1 is 1.60 bits per heavy atom. The van der Waals surface area contributed by atoms with Crippen molar-refractivity contribution < 1.29 is 9.84 Å². The van der Waals surface area contributed by atoms with Crippen LogP contribution in [0.25, 0.3) is 0 Å². The van der Waals surface area contributed by atoms with Crippen molar-refractivity contribution in [2.45, 2.75) is 6.10 Å². The van der Waals surface area contributed by atoms with Crippen LogP contribution in [-0.4, -0.2) is 42.5 Å². The zero-order valence-corrected chi connectivity index (χ0v) is 8.47. The van der Waals surface area contributed by atoms with Gasteiger partial charge >= 0.3 is 0 Å². The van der Waals surface area contributed by atoms with Crippen LogP contribution in [0, 0.1) is 0 Å². The molecule has 0 bridgehead atoms. The number of nitrogen functional groups attached to an aromatic ring is 1. The van der Waals surface area contributed by atoms with Crippen LogP contribution in [0.1, 0.15) is 0 Å². The third-order valence-corrected chi connectivity index (χ3v) is 2.42. The molecule has 1 aliphatic heterocycles. The lowest BCUT2D eigenvalue weighted by Crippen LogP contribution is -2.44. The fraction of sp³-hybridized carbons (Fsp3) is 0.500. The highest BCUT2D eigenvalue weighted by Gasteiger charge is 2.20. The molecular weight excluding hydrogens is 194 g/mol. The SMILES string of the molecule is Nc1cccc(N2CCO[C@H](CO)C2)n1. The van der Waals surface area contributed by atoms with Gasteiger partial charge in [0, 0.05) is 13.1 Å². The summed E-state index contributed by atoms with van der Waals surface area (Å²) in [6.07, 6.45) is -0.123. The Morgan fingerprint density at radius 2 is 2.47 bits per heavy atom. The van der Waals surface area contributed by atoms with Gasteiger partial charge in [-0.05, 0) is 12.1 Å². The predicted octanol–water partition coefficient (Wildman–Crippen LogP) is -0.139. The second-order valence-electron chi connectivity index (χ2n) is 3.54. The minimum absolute atomic E-state index is 0.0405. The van der Waals surface area contributed by atoms with E-state index < -0.39 is 0 Å². The average Bonchev–Trinajstić information content (AvgIpc) is 2.29. The number of aliphatic hydroxyl groups excluding tert-OH is 1. The largest absolute Gasteiger partial charge is 0.394 e. The van der Waals surface area contributed by atoms with Gasteiger partial charge in [-0.1, -0.05) is 6.07 Å². The second-order valence-corrected chi connectivity index (χ2v) is 3.54. The molecule has 2 heterocycles. The van der Waals surface area contributed by atoms with Crippen molar-refractivity contribution in [1.82, 2.24) is 4.98 Å². The van der Waals surface area contributed by atoms with Crippen molar-refractivity contribution in [1.29, 1.82) is 0 Å². The number of aromatic nitrogens is 1. The molecule has 1 saturated heterocycles. The molecule has 3 N–H and O–H groups in total. The highest BCUT2D eigenvalue weighted by atomic mass is 16.5. The first-order valence-electron chi connectivity index (χ1n) is 4.99. The van der Waals surface area contributed by atoms with E-state index in [4.69, 9.17) is 15.6 Å². The number of anilines is 2. The summed E-state index contributed by atoms with van der Waals surface area (Å²) >= 11 is 0. The van der Waals surface area contributed by atoms with E-state index in [9.17, 15) is 0 Å². The van der Waals surface area contributed by atoms with Gasteiger partial charge in [-0.25, -0.2) is 4.98 Å². The highest BCUT2D eigenvalue weighted by Crippen LogP contribution is 2.15. The monoisotopic (exact) mass is 209 g/mol. The number of rotatable bonds is 2. The Balaban J connectivity index is 2.09. The van der Waals surface area contributed by atoms with Crippen LogP contribution in [0.15, 0.2) is 18.2 Å². The molecule has 0 amide bonds. The molecule has 5 heteroatoms. The van der Waals surface area contributed by atoms with Crippen molar-refractivity contribution >= 4 is 11.6 Å². The number of aliphatic hydroxyl groups is 1. The van der Waals surface area contributed by atoms with Gasteiger partial charge in [0.05, 0.1) is 19.3 Å². The van der Waals surface area contributed by atoms with Gasteiger partial charge < -0.3 is 20.5 Å². The minimum Gasteiger partial charge on any atom is -0.394 e. The maximum absolute atomic E-state index is 9.01. The number of hydrogen-bond acceptors (Lipinski definition) is 5. The Morgan fingerprint density at radius 3 is 3.20 bits per heavy atom. The van der Waals surface area contributed by atoms with E-state index in [0.717, 1.165) is 12.4 Å². The van der Waals surface area contributed by atoms with Gasteiger partial charge in [0.2, 0.25) is 0 Å². The van der Waals surface area contributed by atoms with Crippen LogP contribution in [0.2, 0.25) is 0 Å². The first-order valence-corrected chi connectivity index (χ1v) is 4.99. The van der Waals surface area contributed by atoms with Crippen LogP contribution < -0.4 is 10.6 Å². The topological polar surface area (TPSA) is 71.6 Å². The molecule has 1 aromatic rings. The number of ether oxygens (including phenoxy) is 1. The number of nitrogens with zero attached hydrogens (tertiary/aromatic N) is 2. The highest BCUT2D eigenvalue weighted by molar-refractivity contribution is 5.45.